The Morgan fingerprint density at radius 2 is 1.88 bits per heavy atom. The molecule has 0 aromatic heterocycles. The summed E-state index contributed by atoms with van der Waals surface area (Å²) >= 11 is 0. The second-order valence-electron chi connectivity index (χ2n) is 3.73. The number of rotatable bonds is 2. The molecule has 1 aliphatic heterocycles. The number of para-hydroxylation sites is 2. The lowest BCUT2D eigenvalue weighted by molar-refractivity contribution is 0.318. The maximum absolute atomic E-state index is 7.57. The number of hydrogen-bond acceptors (Lipinski definition) is 4. The Bertz CT molecular complexity index is 312. The Labute approximate surface area is 103 Å². The molecule has 17 heavy (non-hydrogen) atoms. The third-order valence-electron chi connectivity index (χ3n) is 2.54. The molecule has 1 saturated heterocycles. The topological polar surface area (TPSA) is 44.7 Å². The highest BCUT2D eigenvalue weighted by Crippen LogP contribution is 2.27. The van der Waals surface area contributed by atoms with Crippen molar-refractivity contribution < 1.29 is 9.84 Å². The Balaban J connectivity index is 0.000000437. The summed E-state index contributed by atoms with van der Waals surface area (Å²) in [6, 6.07) is 8.19. The van der Waals surface area contributed by atoms with E-state index in [0.717, 1.165) is 31.9 Å². The largest absolute Gasteiger partial charge is 0.495 e. The van der Waals surface area contributed by atoms with Crippen LogP contribution in [-0.4, -0.2) is 45.0 Å². The highest BCUT2D eigenvalue weighted by Gasteiger charge is 2.13. The van der Waals surface area contributed by atoms with Crippen molar-refractivity contribution in [1.29, 1.82) is 0 Å². The van der Waals surface area contributed by atoms with Crippen molar-refractivity contribution in [3.8, 4) is 5.75 Å². The number of ether oxygens (including phenoxy) is 1. The number of nitrogens with one attached hydrogen (secondary N) is 1. The maximum Gasteiger partial charge on any atom is 0.142 e. The van der Waals surface area contributed by atoms with Gasteiger partial charge < -0.3 is 20.1 Å². The predicted molar refractivity (Wildman–Crippen MR) is 70.8 cm³/mol. The maximum atomic E-state index is 7.57. The van der Waals surface area contributed by atoms with E-state index >= 15 is 0 Å². The molecule has 1 aromatic rings. The summed E-state index contributed by atoms with van der Waals surface area (Å²) < 4.78 is 5.34. The molecule has 4 heteroatoms. The van der Waals surface area contributed by atoms with Crippen molar-refractivity contribution in [2.24, 2.45) is 0 Å². The van der Waals surface area contributed by atoms with Gasteiger partial charge in [-0.2, -0.15) is 0 Å². The van der Waals surface area contributed by atoms with Gasteiger partial charge in [0.05, 0.1) is 12.8 Å². The monoisotopic (exact) mass is 238 g/mol. The van der Waals surface area contributed by atoms with Crippen LogP contribution in [-0.2, 0) is 0 Å². The van der Waals surface area contributed by atoms with Crippen LogP contribution in [0.1, 0.15) is 6.92 Å². The zero-order valence-corrected chi connectivity index (χ0v) is 10.6. The van der Waals surface area contributed by atoms with Gasteiger partial charge in [0, 0.05) is 32.8 Å². The van der Waals surface area contributed by atoms with E-state index in [1.165, 1.54) is 5.69 Å². The van der Waals surface area contributed by atoms with Gasteiger partial charge in [-0.1, -0.05) is 12.1 Å². The van der Waals surface area contributed by atoms with E-state index in [1.54, 1.807) is 14.0 Å². The van der Waals surface area contributed by atoms with Gasteiger partial charge in [-0.05, 0) is 19.1 Å². The van der Waals surface area contributed by atoms with E-state index in [0.29, 0.717) is 0 Å². The summed E-state index contributed by atoms with van der Waals surface area (Å²) in [7, 11) is 1.72. The van der Waals surface area contributed by atoms with Crippen molar-refractivity contribution in [2.75, 3.05) is 44.8 Å². The van der Waals surface area contributed by atoms with Gasteiger partial charge in [-0.25, -0.2) is 0 Å². The predicted octanol–water partition coefficient (Wildman–Crippen LogP) is 1.10. The second-order valence-corrected chi connectivity index (χ2v) is 3.73. The number of aliphatic hydroxyl groups is 1. The van der Waals surface area contributed by atoms with E-state index in [9.17, 15) is 0 Å². The van der Waals surface area contributed by atoms with Crippen molar-refractivity contribution in [2.45, 2.75) is 6.92 Å². The molecule has 2 N–H and O–H groups in total. The SMILES string of the molecule is CCO.COc1ccccc1N1CCNCC1. The number of aliphatic hydroxyl groups excluding tert-OH is 1. The molecule has 0 saturated carbocycles. The standard InChI is InChI=1S/C11H16N2O.C2H6O/c1-14-11-5-3-2-4-10(11)13-8-6-12-7-9-13;1-2-3/h2-5,12H,6-9H2,1H3;3H,2H2,1H3. The molecule has 1 fully saturated rings. The molecule has 2 rings (SSSR count). The van der Waals surface area contributed by atoms with Gasteiger partial charge in [0.2, 0.25) is 0 Å². The number of nitrogens with zero attached hydrogens (tertiary/aromatic N) is 1. The number of benzene rings is 1. The summed E-state index contributed by atoms with van der Waals surface area (Å²) in [5.74, 6) is 0.967. The number of anilines is 1. The Kier molecular flexibility index (Phi) is 6.43. The van der Waals surface area contributed by atoms with Gasteiger partial charge in [0.1, 0.15) is 5.75 Å². The first-order valence-electron chi connectivity index (χ1n) is 6.03. The molecule has 0 aliphatic carbocycles. The quantitative estimate of drug-likeness (QED) is 0.810. The van der Waals surface area contributed by atoms with Crippen molar-refractivity contribution >= 4 is 5.69 Å². The number of hydrogen-bond donors (Lipinski definition) is 2. The highest BCUT2D eigenvalue weighted by molar-refractivity contribution is 5.58. The molecular weight excluding hydrogens is 216 g/mol. The van der Waals surface area contributed by atoms with Crippen LogP contribution < -0.4 is 15.0 Å². The van der Waals surface area contributed by atoms with E-state index in [4.69, 9.17) is 9.84 Å². The van der Waals surface area contributed by atoms with Crippen LogP contribution in [0.5, 0.6) is 5.75 Å². The smallest absolute Gasteiger partial charge is 0.142 e. The highest BCUT2D eigenvalue weighted by atomic mass is 16.5. The zero-order chi connectivity index (χ0) is 12.5. The molecule has 0 spiro atoms. The average Bonchev–Trinajstić information content (AvgIpc) is 2.40. The normalized spacial score (nSPS) is 14.9. The fourth-order valence-electron chi connectivity index (χ4n) is 1.80. The molecule has 0 unspecified atom stereocenters. The summed E-state index contributed by atoms with van der Waals surface area (Å²) in [6.07, 6.45) is 0. The lowest BCUT2D eigenvalue weighted by Crippen LogP contribution is -2.43. The summed E-state index contributed by atoms with van der Waals surface area (Å²) in [5, 5.41) is 10.9. The van der Waals surface area contributed by atoms with Crippen LogP contribution in [0.4, 0.5) is 5.69 Å². The van der Waals surface area contributed by atoms with Gasteiger partial charge >= 0.3 is 0 Å². The van der Waals surface area contributed by atoms with Crippen LogP contribution in [0.2, 0.25) is 0 Å². The lowest BCUT2D eigenvalue weighted by Gasteiger charge is -2.30. The van der Waals surface area contributed by atoms with Gasteiger partial charge in [0.25, 0.3) is 0 Å². The lowest BCUT2D eigenvalue weighted by atomic mass is 10.2. The molecule has 0 radical (unpaired) electrons. The minimum atomic E-state index is 0.250. The minimum absolute atomic E-state index is 0.250. The van der Waals surface area contributed by atoms with Gasteiger partial charge in [0.15, 0.2) is 0 Å². The minimum Gasteiger partial charge on any atom is -0.495 e. The van der Waals surface area contributed by atoms with Gasteiger partial charge in [-0.3, -0.25) is 0 Å². The zero-order valence-electron chi connectivity index (χ0n) is 10.6. The van der Waals surface area contributed by atoms with E-state index in [-0.39, 0.29) is 6.61 Å². The molecule has 1 heterocycles. The fourth-order valence-corrected chi connectivity index (χ4v) is 1.80. The van der Waals surface area contributed by atoms with E-state index in [1.807, 2.05) is 12.1 Å². The second kappa shape index (κ2) is 7.92. The molecule has 1 aromatic carbocycles. The van der Waals surface area contributed by atoms with Gasteiger partial charge in [-0.15, -0.1) is 0 Å². The third kappa shape index (κ3) is 4.24. The Morgan fingerprint density at radius 3 is 2.47 bits per heavy atom. The van der Waals surface area contributed by atoms with E-state index in [2.05, 4.69) is 22.3 Å². The van der Waals surface area contributed by atoms with E-state index < -0.39 is 0 Å². The fraction of sp³-hybridized carbons (Fsp3) is 0.538. The molecule has 4 nitrogen and oxygen atoms in total. The number of piperazine rings is 1. The number of methoxy groups -OCH3 is 1. The summed E-state index contributed by atoms with van der Waals surface area (Å²) in [6.45, 7) is 6.15. The molecule has 96 valence electrons. The first kappa shape index (κ1) is 13.8. The Hall–Kier alpha value is -1.26. The Morgan fingerprint density at radius 1 is 1.29 bits per heavy atom. The first-order valence-corrected chi connectivity index (χ1v) is 6.03. The van der Waals surface area contributed by atoms with Crippen LogP contribution in [0.3, 0.4) is 0 Å². The van der Waals surface area contributed by atoms with Crippen LogP contribution in [0.25, 0.3) is 0 Å². The van der Waals surface area contributed by atoms with Crippen molar-refractivity contribution in [1.82, 2.24) is 5.32 Å². The van der Waals surface area contributed by atoms with Crippen LogP contribution >= 0.6 is 0 Å². The molecule has 1 aliphatic rings. The summed E-state index contributed by atoms with van der Waals surface area (Å²) in [5.41, 5.74) is 1.21. The molecule has 0 bridgehead atoms. The van der Waals surface area contributed by atoms with Crippen molar-refractivity contribution in [3.63, 3.8) is 0 Å². The average molecular weight is 238 g/mol. The molecular formula is C13H22N2O2. The van der Waals surface area contributed by atoms with Crippen LogP contribution in [0.15, 0.2) is 24.3 Å². The molecule has 0 atom stereocenters. The molecule has 0 amide bonds. The van der Waals surface area contributed by atoms with Crippen LogP contribution in [0, 0.1) is 0 Å². The third-order valence-corrected chi connectivity index (χ3v) is 2.54. The van der Waals surface area contributed by atoms with Crippen molar-refractivity contribution in [3.05, 3.63) is 24.3 Å². The summed E-state index contributed by atoms with van der Waals surface area (Å²) in [4.78, 5) is 2.36. The first-order chi connectivity index (χ1) is 8.33.